The second kappa shape index (κ2) is 11.4. The number of halogens is 1. The topological polar surface area (TPSA) is 73.4 Å². The van der Waals surface area contributed by atoms with Crippen LogP contribution in [-0.2, 0) is 6.54 Å². The summed E-state index contributed by atoms with van der Waals surface area (Å²) in [6, 6.07) is 27.7. The molecular weight excluding hydrogens is 503 g/mol. The van der Waals surface area contributed by atoms with E-state index in [9.17, 15) is 9.18 Å². The largest absolute Gasteiger partial charge is 0.378 e. The zero-order chi connectivity index (χ0) is 28.2. The summed E-state index contributed by atoms with van der Waals surface area (Å²) >= 11 is 0. The SMILES string of the molecule is CN(C)c1cccc(-c2ccc3nc(N(C)C)nc(NCc4ccc(C(=O)Nc5ccc(F)cc5)cc4)c3c2)c1. The Morgan fingerprint density at radius 3 is 2.23 bits per heavy atom. The number of rotatable bonds is 8. The highest BCUT2D eigenvalue weighted by molar-refractivity contribution is 6.04. The molecule has 202 valence electrons. The lowest BCUT2D eigenvalue weighted by molar-refractivity contribution is 0.102. The summed E-state index contributed by atoms with van der Waals surface area (Å²) in [4.78, 5) is 26.1. The number of hydrogen-bond donors (Lipinski definition) is 2. The molecule has 0 radical (unpaired) electrons. The Labute approximate surface area is 233 Å². The molecule has 1 aromatic heterocycles. The minimum atomic E-state index is -0.348. The first-order valence-electron chi connectivity index (χ1n) is 12.9. The van der Waals surface area contributed by atoms with Gasteiger partial charge in [-0.3, -0.25) is 4.79 Å². The highest BCUT2D eigenvalue weighted by Crippen LogP contribution is 2.30. The van der Waals surface area contributed by atoms with Crippen LogP contribution in [-0.4, -0.2) is 44.1 Å². The van der Waals surface area contributed by atoms with Gasteiger partial charge in [0.15, 0.2) is 0 Å². The van der Waals surface area contributed by atoms with Crippen molar-refractivity contribution in [3.05, 3.63) is 108 Å². The van der Waals surface area contributed by atoms with Gasteiger partial charge in [0.25, 0.3) is 5.91 Å². The summed E-state index contributed by atoms with van der Waals surface area (Å²) < 4.78 is 13.1. The molecule has 1 heterocycles. The van der Waals surface area contributed by atoms with Crippen LogP contribution in [0.2, 0.25) is 0 Å². The van der Waals surface area contributed by atoms with E-state index >= 15 is 0 Å². The number of fused-ring (bicyclic) bond motifs is 1. The van der Waals surface area contributed by atoms with E-state index in [1.165, 1.54) is 24.3 Å². The van der Waals surface area contributed by atoms with E-state index < -0.39 is 0 Å². The minimum absolute atomic E-state index is 0.255. The minimum Gasteiger partial charge on any atom is -0.378 e. The molecule has 0 unspecified atom stereocenters. The fourth-order valence-corrected chi connectivity index (χ4v) is 4.29. The molecule has 40 heavy (non-hydrogen) atoms. The molecule has 5 rings (SSSR count). The van der Waals surface area contributed by atoms with Crippen molar-refractivity contribution >= 4 is 40.0 Å². The molecule has 0 saturated heterocycles. The number of hydrogen-bond acceptors (Lipinski definition) is 6. The van der Waals surface area contributed by atoms with E-state index in [-0.39, 0.29) is 11.7 Å². The molecule has 2 N–H and O–H groups in total. The first-order chi connectivity index (χ1) is 19.3. The molecule has 0 spiro atoms. The van der Waals surface area contributed by atoms with Gasteiger partial charge in [-0.1, -0.05) is 30.3 Å². The monoisotopic (exact) mass is 534 g/mol. The molecule has 0 saturated carbocycles. The third-order valence-electron chi connectivity index (χ3n) is 6.56. The third kappa shape index (κ3) is 6.02. The Kier molecular flexibility index (Phi) is 7.59. The fraction of sp³-hybridized carbons (Fsp3) is 0.156. The number of carbonyl (C=O) groups excluding carboxylic acids is 1. The van der Waals surface area contributed by atoms with Crippen LogP contribution in [0, 0.1) is 5.82 Å². The van der Waals surface area contributed by atoms with Gasteiger partial charge in [-0.05, 0) is 77.4 Å². The zero-order valence-electron chi connectivity index (χ0n) is 22.9. The van der Waals surface area contributed by atoms with Gasteiger partial charge in [0.1, 0.15) is 11.6 Å². The standard InChI is InChI=1S/C32H31FN6O/c1-38(2)27-7-5-6-23(18-27)24-12-17-29-28(19-24)30(37-32(36-29)39(3)4)34-20-21-8-10-22(11-9-21)31(40)35-26-15-13-25(33)14-16-26/h5-19H,20H2,1-4H3,(H,35,40)(H,34,36,37). The molecule has 5 aromatic rings. The quantitative estimate of drug-likeness (QED) is 0.239. The Morgan fingerprint density at radius 2 is 1.52 bits per heavy atom. The van der Waals surface area contributed by atoms with Crippen LogP contribution in [0.3, 0.4) is 0 Å². The Hall–Kier alpha value is -4.98. The number of amides is 1. The molecule has 0 aliphatic rings. The van der Waals surface area contributed by atoms with Crippen molar-refractivity contribution < 1.29 is 9.18 Å². The molecule has 7 nitrogen and oxygen atoms in total. The average Bonchev–Trinajstić information content (AvgIpc) is 2.97. The van der Waals surface area contributed by atoms with Crippen LogP contribution >= 0.6 is 0 Å². The van der Waals surface area contributed by atoms with Crippen LogP contribution in [0.5, 0.6) is 0 Å². The van der Waals surface area contributed by atoms with Gasteiger partial charge < -0.3 is 20.4 Å². The van der Waals surface area contributed by atoms with E-state index in [1.807, 2.05) is 51.3 Å². The molecule has 0 atom stereocenters. The predicted octanol–water partition coefficient (Wildman–Crippen LogP) is 6.43. The van der Waals surface area contributed by atoms with Crippen molar-refractivity contribution in [3.63, 3.8) is 0 Å². The van der Waals surface area contributed by atoms with Crippen molar-refractivity contribution in [2.45, 2.75) is 6.54 Å². The van der Waals surface area contributed by atoms with Gasteiger partial charge in [-0.15, -0.1) is 0 Å². The van der Waals surface area contributed by atoms with Crippen molar-refractivity contribution in [1.82, 2.24) is 9.97 Å². The highest BCUT2D eigenvalue weighted by Gasteiger charge is 2.12. The molecule has 1 amide bonds. The van der Waals surface area contributed by atoms with Crippen molar-refractivity contribution in [1.29, 1.82) is 0 Å². The van der Waals surface area contributed by atoms with Gasteiger partial charge in [0, 0.05) is 57.1 Å². The maximum atomic E-state index is 13.1. The third-order valence-corrected chi connectivity index (χ3v) is 6.56. The smallest absolute Gasteiger partial charge is 0.255 e. The Morgan fingerprint density at radius 1 is 0.800 bits per heavy atom. The van der Waals surface area contributed by atoms with Gasteiger partial charge in [-0.2, -0.15) is 4.98 Å². The first kappa shape index (κ1) is 26.6. The average molecular weight is 535 g/mol. The maximum Gasteiger partial charge on any atom is 0.255 e. The number of nitrogens with zero attached hydrogens (tertiary/aromatic N) is 4. The van der Waals surface area contributed by atoms with Gasteiger partial charge in [-0.25, -0.2) is 9.37 Å². The first-order valence-corrected chi connectivity index (χ1v) is 12.9. The van der Waals surface area contributed by atoms with Crippen LogP contribution in [0.4, 0.5) is 27.5 Å². The number of benzene rings is 4. The van der Waals surface area contributed by atoms with E-state index in [4.69, 9.17) is 9.97 Å². The fourth-order valence-electron chi connectivity index (χ4n) is 4.29. The van der Waals surface area contributed by atoms with E-state index in [0.717, 1.165) is 39.1 Å². The summed E-state index contributed by atoms with van der Waals surface area (Å²) in [5.41, 5.74) is 6.22. The second-order valence-corrected chi connectivity index (χ2v) is 9.95. The lowest BCUT2D eigenvalue weighted by Gasteiger charge is -2.16. The van der Waals surface area contributed by atoms with E-state index in [1.54, 1.807) is 12.1 Å². The Balaban J connectivity index is 1.38. The van der Waals surface area contributed by atoms with Crippen LogP contribution < -0.4 is 20.4 Å². The van der Waals surface area contributed by atoms with Crippen molar-refractivity contribution in [2.75, 3.05) is 48.6 Å². The van der Waals surface area contributed by atoms with E-state index in [2.05, 4.69) is 51.9 Å². The number of aromatic nitrogens is 2. The maximum absolute atomic E-state index is 13.1. The molecule has 0 aliphatic heterocycles. The molecular formula is C32H31FN6O. The molecule has 8 heteroatoms. The summed E-state index contributed by atoms with van der Waals surface area (Å²) in [6.07, 6.45) is 0. The Bertz CT molecular complexity index is 1650. The molecule has 0 aliphatic carbocycles. The number of carbonyl (C=O) groups is 1. The lowest BCUT2D eigenvalue weighted by Crippen LogP contribution is -2.14. The molecule has 4 aromatic carbocycles. The second-order valence-electron chi connectivity index (χ2n) is 9.95. The van der Waals surface area contributed by atoms with E-state index in [0.29, 0.717) is 23.7 Å². The van der Waals surface area contributed by atoms with Gasteiger partial charge in [0.05, 0.1) is 5.52 Å². The van der Waals surface area contributed by atoms with Crippen LogP contribution in [0.15, 0.2) is 91.0 Å². The number of anilines is 4. The molecule has 0 bridgehead atoms. The van der Waals surface area contributed by atoms with Gasteiger partial charge >= 0.3 is 0 Å². The van der Waals surface area contributed by atoms with Crippen molar-refractivity contribution in [2.24, 2.45) is 0 Å². The van der Waals surface area contributed by atoms with Gasteiger partial charge in [0.2, 0.25) is 5.95 Å². The lowest BCUT2D eigenvalue weighted by atomic mass is 10.0. The summed E-state index contributed by atoms with van der Waals surface area (Å²) in [5, 5.41) is 7.19. The normalized spacial score (nSPS) is 10.8. The summed E-state index contributed by atoms with van der Waals surface area (Å²) in [6.45, 7) is 0.513. The van der Waals surface area contributed by atoms with Crippen molar-refractivity contribution in [3.8, 4) is 11.1 Å². The summed E-state index contributed by atoms with van der Waals surface area (Å²) in [7, 11) is 7.90. The molecule has 0 fully saturated rings. The number of nitrogens with one attached hydrogen (secondary N) is 2. The highest BCUT2D eigenvalue weighted by atomic mass is 19.1. The van der Waals surface area contributed by atoms with Crippen LogP contribution in [0.1, 0.15) is 15.9 Å². The van der Waals surface area contributed by atoms with Crippen LogP contribution in [0.25, 0.3) is 22.0 Å². The zero-order valence-corrected chi connectivity index (χ0v) is 22.9. The summed E-state index contributed by atoms with van der Waals surface area (Å²) in [5.74, 6) is 0.746. The predicted molar refractivity (Wildman–Crippen MR) is 162 cm³/mol.